The number of carbonyl (C=O) groups is 1. The van der Waals surface area contributed by atoms with E-state index in [4.69, 9.17) is 4.74 Å². The second-order valence-corrected chi connectivity index (χ2v) is 7.67. The Morgan fingerprint density at radius 1 is 1.52 bits per heavy atom. The van der Waals surface area contributed by atoms with Crippen LogP contribution in [0.3, 0.4) is 0 Å². The standard InChI is InChI=1S/C17H21N3O2S/c1-11-2-3-15-12(8-11)9-16(23-15)17(21)20-6-7-22-14(10-20)13-4-5-18-19-13/h4-5,9,11,14H,2-3,6-8,10H2,1H3,(H,18,19). The summed E-state index contributed by atoms with van der Waals surface area (Å²) in [5, 5.41) is 6.91. The molecule has 1 fully saturated rings. The van der Waals surface area contributed by atoms with Gasteiger partial charge in [0.25, 0.3) is 5.91 Å². The molecule has 1 aliphatic carbocycles. The number of rotatable bonds is 2. The quantitative estimate of drug-likeness (QED) is 0.920. The molecule has 1 N–H and O–H groups in total. The summed E-state index contributed by atoms with van der Waals surface area (Å²) < 4.78 is 5.77. The molecule has 2 aromatic rings. The van der Waals surface area contributed by atoms with Crippen LogP contribution >= 0.6 is 11.3 Å². The van der Waals surface area contributed by atoms with Gasteiger partial charge in [-0.2, -0.15) is 5.10 Å². The van der Waals surface area contributed by atoms with Crippen LogP contribution in [0, 0.1) is 5.92 Å². The fourth-order valence-electron chi connectivity index (χ4n) is 3.43. The number of hydrogen-bond donors (Lipinski definition) is 1. The summed E-state index contributed by atoms with van der Waals surface area (Å²) in [6, 6.07) is 4.03. The van der Waals surface area contributed by atoms with Gasteiger partial charge in [0, 0.05) is 17.6 Å². The van der Waals surface area contributed by atoms with Gasteiger partial charge in [-0.05, 0) is 42.9 Å². The molecular weight excluding hydrogens is 310 g/mol. The van der Waals surface area contributed by atoms with Gasteiger partial charge in [0.05, 0.1) is 23.7 Å². The highest BCUT2D eigenvalue weighted by Gasteiger charge is 2.29. The first kappa shape index (κ1) is 14.9. The first-order valence-corrected chi connectivity index (χ1v) is 9.04. The predicted octanol–water partition coefficient (Wildman–Crippen LogP) is 2.81. The van der Waals surface area contributed by atoms with Gasteiger partial charge in [0.2, 0.25) is 0 Å². The van der Waals surface area contributed by atoms with Crippen LogP contribution in [0.25, 0.3) is 0 Å². The Kier molecular flexibility index (Phi) is 3.95. The lowest BCUT2D eigenvalue weighted by molar-refractivity contribution is -0.0245. The lowest BCUT2D eigenvalue weighted by atomic mass is 9.90. The molecule has 2 atom stereocenters. The highest BCUT2D eigenvalue weighted by Crippen LogP contribution is 2.33. The van der Waals surface area contributed by atoms with Crippen molar-refractivity contribution >= 4 is 17.2 Å². The maximum absolute atomic E-state index is 12.9. The van der Waals surface area contributed by atoms with E-state index in [0.717, 1.165) is 29.3 Å². The Balaban J connectivity index is 1.50. The van der Waals surface area contributed by atoms with Crippen molar-refractivity contribution in [2.45, 2.75) is 32.3 Å². The SMILES string of the molecule is CC1CCc2sc(C(=O)N3CCOC(c4ccn[nH]4)C3)cc2C1. The Labute approximate surface area is 139 Å². The van der Waals surface area contributed by atoms with Crippen LogP contribution in [0.4, 0.5) is 0 Å². The third-order valence-corrected chi connectivity index (χ3v) is 5.99. The van der Waals surface area contributed by atoms with Gasteiger partial charge in [0.15, 0.2) is 0 Å². The highest BCUT2D eigenvalue weighted by atomic mass is 32.1. The van der Waals surface area contributed by atoms with E-state index in [1.54, 1.807) is 17.5 Å². The van der Waals surface area contributed by atoms with Crippen molar-refractivity contribution in [3.63, 3.8) is 0 Å². The Bertz CT molecular complexity index is 695. The maximum atomic E-state index is 12.9. The Hall–Kier alpha value is -1.66. The second kappa shape index (κ2) is 6.09. The number of nitrogens with zero attached hydrogens (tertiary/aromatic N) is 2. The molecule has 5 nitrogen and oxygen atoms in total. The van der Waals surface area contributed by atoms with Crippen molar-refractivity contribution in [3.8, 4) is 0 Å². The van der Waals surface area contributed by atoms with Crippen molar-refractivity contribution < 1.29 is 9.53 Å². The summed E-state index contributed by atoms with van der Waals surface area (Å²) in [5.74, 6) is 0.873. The minimum absolute atomic E-state index is 0.107. The minimum atomic E-state index is -0.107. The van der Waals surface area contributed by atoms with Crippen LogP contribution in [0.15, 0.2) is 18.3 Å². The molecule has 1 aliphatic heterocycles. The molecule has 0 aromatic carbocycles. The van der Waals surface area contributed by atoms with Gasteiger partial charge in [-0.3, -0.25) is 9.89 Å². The Morgan fingerprint density at radius 2 is 2.43 bits per heavy atom. The van der Waals surface area contributed by atoms with Crippen LogP contribution < -0.4 is 0 Å². The molecular formula is C17H21N3O2S. The number of aromatic amines is 1. The lowest BCUT2D eigenvalue weighted by Gasteiger charge is -2.32. The number of hydrogen-bond acceptors (Lipinski definition) is 4. The van der Waals surface area contributed by atoms with Crippen molar-refractivity contribution in [1.29, 1.82) is 0 Å². The Morgan fingerprint density at radius 3 is 3.26 bits per heavy atom. The van der Waals surface area contributed by atoms with Crippen LogP contribution in [0.1, 0.15) is 45.3 Å². The van der Waals surface area contributed by atoms with Crippen molar-refractivity contribution in [2.75, 3.05) is 19.7 Å². The van der Waals surface area contributed by atoms with Gasteiger partial charge in [-0.15, -0.1) is 11.3 Å². The van der Waals surface area contributed by atoms with Gasteiger partial charge in [0.1, 0.15) is 6.10 Å². The number of carbonyl (C=O) groups excluding carboxylic acids is 1. The van der Waals surface area contributed by atoms with Crippen molar-refractivity contribution in [1.82, 2.24) is 15.1 Å². The van der Waals surface area contributed by atoms with Crippen LogP contribution in [-0.2, 0) is 17.6 Å². The molecule has 4 rings (SSSR count). The molecule has 0 saturated carbocycles. The van der Waals surface area contributed by atoms with E-state index in [0.29, 0.717) is 19.7 Å². The summed E-state index contributed by atoms with van der Waals surface area (Å²) in [4.78, 5) is 17.1. The number of aryl methyl sites for hydroxylation is 1. The van der Waals surface area contributed by atoms with Crippen LogP contribution in [0.5, 0.6) is 0 Å². The smallest absolute Gasteiger partial charge is 0.264 e. The van der Waals surface area contributed by atoms with E-state index in [9.17, 15) is 4.79 Å². The monoisotopic (exact) mass is 331 g/mol. The average molecular weight is 331 g/mol. The zero-order chi connectivity index (χ0) is 15.8. The molecule has 23 heavy (non-hydrogen) atoms. The molecule has 6 heteroatoms. The zero-order valence-electron chi connectivity index (χ0n) is 13.2. The maximum Gasteiger partial charge on any atom is 0.264 e. The first-order chi connectivity index (χ1) is 11.2. The molecule has 0 bridgehead atoms. The van der Waals surface area contributed by atoms with Gasteiger partial charge in [-0.1, -0.05) is 6.92 Å². The number of H-pyrrole nitrogens is 1. The normalized spacial score (nSPS) is 24.5. The molecule has 122 valence electrons. The largest absolute Gasteiger partial charge is 0.368 e. The van der Waals surface area contributed by atoms with E-state index in [-0.39, 0.29) is 12.0 Å². The van der Waals surface area contributed by atoms with Crippen molar-refractivity contribution in [3.05, 3.63) is 39.3 Å². The third-order valence-electron chi connectivity index (χ3n) is 4.76. The molecule has 1 amide bonds. The molecule has 2 unspecified atom stereocenters. The third kappa shape index (κ3) is 2.93. The van der Waals surface area contributed by atoms with E-state index in [2.05, 4.69) is 23.2 Å². The zero-order valence-corrected chi connectivity index (χ0v) is 14.1. The minimum Gasteiger partial charge on any atom is -0.368 e. The van der Waals surface area contributed by atoms with E-state index >= 15 is 0 Å². The number of fused-ring (bicyclic) bond motifs is 1. The number of ether oxygens (including phenoxy) is 1. The number of morpholine rings is 1. The topological polar surface area (TPSA) is 58.2 Å². The summed E-state index contributed by atoms with van der Waals surface area (Å²) in [7, 11) is 0. The number of amides is 1. The van der Waals surface area contributed by atoms with E-state index < -0.39 is 0 Å². The lowest BCUT2D eigenvalue weighted by Crippen LogP contribution is -2.42. The molecule has 1 saturated heterocycles. The highest BCUT2D eigenvalue weighted by molar-refractivity contribution is 7.14. The van der Waals surface area contributed by atoms with Gasteiger partial charge >= 0.3 is 0 Å². The van der Waals surface area contributed by atoms with Gasteiger partial charge in [-0.25, -0.2) is 0 Å². The summed E-state index contributed by atoms with van der Waals surface area (Å²) >= 11 is 1.69. The molecule has 0 spiro atoms. The molecule has 2 aliphatic rings. The second-order valence-electron chi connectivity index (χ2n) is 6.53. The first-order valence-electron chi connectivity index (χ1n) is 8.22. The molecule has 2 aromatic heterocycles. The summed E-state index contributed by atoms with van der Waals surface area (Å²) in [6.07, 6.45) is 5.08. The van der Waals surface area contributed by atoms with E-state index in [1.807, 2.05) is 11.0 Å². The number of thiophene rings is 1. The summed E-state index contributed by atoms with van der Waals surface area (Å²) in [6.45, 7) is 4.10. The number of nitrogens with one attached hydrogen (secondary N) is 1. The fraction of sp³-hybridized carbons (Fsp3) is 0.529. The molecule has 3 heterocycles. The fourth-order valence-corrected chi connectivity index (χ4v) is 4.61. The van der Waals surface area contributed by atoms with Crippen LogP contribution in [-0.4, -0.2) is 40.7 Å². The van der Waals surface area contributed by atoms with E-state index in [1.165, 1.54) is 16.9 Å². The predicted molar refractivity (Wildman–Crippen MR) is 88.7 cm³/mol. The van der Waals surface area contributed by atoms with Crippen molar-refractivity contribution in [2.24, 2.45) is 5.92 Å². The van der Waals surface area contributed by atoms with Gasteiger partial charge < -0.3 is 9.64 Å². The number of aromatic nitrogens is 2. The van der Waals surface area contributed by atoms with Crippen LogP contribution in [0.2, 0.25) is 0 Å². The molecule has 0 radical (unpaired) electrons. The summed E-state index contributed by atoms with van der Waals surface area (Å²) in [5.41, 5.74) is 2.32. The average Bonchev–Trinajstić information content (AvgIpc) is 3.23.